The summed E-state index contributed by atoms with van der Waals surface area (Å²) < 4.78 is 4.59. The summed E-state index contributed by atoms with van der Waals surface area (Å²) in [6.07, 6.45) is 4.07. The Bertz CT molecular complexity index is 147. The molecule has 2 atom stereocenters. The van der Waals surface area contributed by atoms with Crippen molar-refractivity contribution >= 4 is 21.9 Å². The Morgan fingerprint density at radius 3 is 2.82 bits per heavy atom. The van der Waals surface area contributed by atoms with E-state index in [-0.39, 0.29) is 5.97 Å². The molecule has 0 aliphatic heterocycles. The van der Waals surface area contributed by atoms with Crippen molar-refractivity contribution in [2.75, 3.05) is 7.11 Å². The second-order valence-corrected chi connectivity index (χ2v) is 4.35. The number of esters is 1. The highest BCUT2D eigenvalue weighted by Gasteiger charge is 2.24. The predicted octanol–water partition coefficient (Wildman–Crippen LogP) is 2.11. The van der Waals surface area contributed by atoms with Crippen LogP contribution in [0.5, 0.6) is 0 Å². The maximum atomic E-state index is 10.8. The molecule has 0 unspecified atom stereocenters. The van der Waals surface area contributed by atoms with Crippen LogP contribution in [0.25, 0.3) is 0 Å². The van der Waals surface area contributed by atoms with Crippen LogP contribution < -0.4 is 0 Å². The molecule has 0 aromatic heterocycles. The fraction of sp³-hybridized carbons (Fsp3) is 0.875. The van der Waals surface area contributed by atoms with Crippen molar-refractivity contribution < 1.29 is 9.53 Å². The second kappa shape index (κ2) is 4.10. The minimum Gasteiger partial charge on any atom is -0.469 e. The standard InChI is InChI=1S/C8H13BrO2/c1-11-8(10)5-6-2-3-7(9)4-6/h6-7H,2-5H2,1H3/t6-,7-/m0/s1. The molecule has 3 heteroatoms. The summed E-state index contributed by atoms with van der Waals surface area (Å²) >= 11 is 3.54. The molecule has 11 heavy (non-hydrogen) atoms. The van der Waals surface area contributed by atoms with E-state index in [1.807, 2.05) is 0 Å². The van der Waals surface area contributed by atoms with Gasteiger partial charge in [-0.15, -0.1) is 0 Å². The summed E-state index contributed by atoms with van der Waals surface area (Å²) in [6, 6.07) is 0. The molecule has 1 aliphatic rings. The van der Waals surface area contributed by atoms with Gasteiger partial charge in [0, 0.05) is 11.2 Å². The van der Waals surface area contributed by atoms with Crippen LogP contribution in [0, 0.1) is 5.92 Å². The lowest BCUT2D eigenvalue weighted by atomic mass is 10.1. The zero-order valence-corrected chi connectivity index (χ0v) is 8.26. The van der Waals surface area contributed by atoms with Gasteiger partial charge in [0.05, 0.1) is 7.11 Å². The number of methoxy groups -OCH3 is 1. The average molecular weight is 221 g/mol. The van der Waals surface area contributed by atoms with Crippen LogP contribution in [-0.2, 0) is 9.53 Å². The van der Waals surface area contributed by atoms with Crippen LogP contribution in [0.2, 0.25) is 0 Å². The van der Waals surface area contributed by atoms with Gasteiger partial charge in [-0.2, -0.15) is 0 Å². The van der Waals surface area contributed by atoms with Gasteiger partial charge in [0.1, 0.15) is 0 Å². The van der Waals surface area contributed by atoms with Gasteiger partial charge >= 0.3 is 5.97 Å². The molecule has 0 aromatic carbocycles. The van der Waals surface area contributed by atoms with E-state index in [0.717, 1.165) is 12.8 Å². The first-order valence-corrected chi connectivity index (χ1v) is 4.85. The third kappa shape index (κ3) is 2.81. The van der Waals surface area contributed by atoms with Crippen LogP contribution in [0.1, 0.15) is 25.7 Å². The van der Waals surface area contributed by atoms with E-state index in [1.165, 1.54) is 13.5 Å². The van der Waals surface area contributed by atoms with Crippen LogP contribution in [0.4, 0.5) is 0 Å². The summed E-state index contributed by atoms with van der Waals surface area (Å²) in [7, 11) is 1.45. The molecule has 0 N–H and O–H groups in total. The molecule has 2 nitrogen and oxygen atoms in total. The van der Waals surface area contributed by atoms with Gasteiger partial charge in [-0.05, 0) is 25.2 Å². The maximum absolute atomic E-state index is 10.8. The number of hydrogen-bond acceptors (Lipinski definition) is 2. The van der Waals surface area contributed by atoms with E-state index in [4.69, 9.17) is 0 Å². The minimum atomic E-state index is -0.0726. The Labute approximate surface area is 75.4 Å². The summed E-state index contributed by atoms with van der Waals surface area (Å²) in [5.41, 5.74) is 0. The minimum absolute atomic E-state index is 0.0726. The quantitative estimate of drug-likeness (QED) is 0.527. The van der Waals surface area contributed by atoms with Crippen LogP contribution in [-0.4, -0.2) is 17.9 Å². The lowest BCUT2D eigenvalue weighted by molar-refractivity contribution is -0.141. The lowest BCUT2D eigenvalue weighted by Gasteiger charge is -2.05. The third-order valence-electron chi connectivity index (χ3n) is 2.16. The fourth-order valence-electron chi connectivity index (χ4n) is 1.52. The smallest absolute Gasteiger partial charge is 0.305 e. The Morgan fingerprint density at radius 2 is 2.36 bits per heavy atom. The Morgan fingerprint density at radius 1 is 1.64 bits per heavy atom. The molecule has 1 aliphatic carbocycles. The highest BCUT2D eigenvalue weighted by molar-refractivity contribution is 9.09. The van der Waals surface area contributed by atoms with Crippen LogP contribution >= 0.6 is 15.9 Å². The summed E-state index contributed by atoms with van der Waals surface area (Å²) in [5.74, 6) is 0.475. The molecule has 0 radical (unpaired) electrons. The van der Waals surface area contributed by atoms with E-state index in [2.05, 4.69) is 20.7 Å². The zero-order chi connectivity index (χ0) is 8.27. The SMILES string of the molecule is COC(=O)C[C@H]1CC[C@H](Br)C1. The van der Waals surface area contributed by atoms with E-state index < -0.39 is 0 Å². The first-order valence-electron chi connectivity index (χ1n) is 3.93. The molecule has 0 heterocycles. The molecule has 1 rings (SSSR count). The molecular formula is C8H13BrO2. The Kier molecular flexibility index (Phi) is 3.37. The molecule has 0 spiro atoms. The normalized spacial score (nSPS) is 30.4. The van der Waals surface area contributed by atoms with Gasteiger partial charge < -0.3 is 4.74 Å². The number of hydrogen-bond donors (Lipinski definition) is 0. The van der Waals surface area contributed by atoms with Crippen molar-refractivity contribution in [3.63, 3.8) is 0 Å². The van der Waals surface area contributed by atoms with E-state index in [1.54, 1.807) is 0 Å². The maximum Gasteiger partial charge on any atom is 0.305 e. The van der Waals surface area contributed by atoms with Crippen molar-refractivity contribution in [2.45, 2.75) is 30.5 Å². The summed E-state index contributed by atoms with van der Waals surface area (Å²) in [4.78, 5) is 11.5. The first kappa shape index (κ1) is 9.04. The Hall–Kier alpha value is -0.0500. The number of halogens is 1. The van der Waals surface area contributed by atoms with Crippen molar-refractivity contribution in [3.05, 3.63) is 0 Å². The van der Waals surface area contributed by atoms with Gasteiger partial charge in [0.25, 0.3) is 0 Å². The molecule has 1 fully saturated rings. The summed E-state index contributed by atoms with van der Waals surface area (Å²) in [6.45, 7) is 0. The van der Waals surface area contributed by atoms with E-state index in [9.17, 15) is 4.79 Å². The van der Waals surface area contributed by atoms with Gasteiger partial charge in [-0.25, -0.2) is 0 Å². The lowest BCUT2D eigenvalue weighted by Crippen LogP contribution is -2.07. The molecule has 1 saturated carbocycles. The largest absolute Gasteiger partial charge is 0.469 e. The van der Waals surface area contributed by atoms with Gasteiger partial charge in [-0.1, -0.05) is 15.9 Å². The van der Waals surface area contributed by atoms with Crippen LogP contribution in [0.3, 0.4) is 0 Å². The number of alkyl halides is 1. The van der Waals surface area contributed by atoms with E-state index >= 15 is 0 Å². The van der Waals surface area contributed by atoms with Crippen molar-refractivity contribution in [2.24, 2.45) is 5.92 Å². The highest BCUT2D eigenvalue weighted by Crippen LogP contribution is 2.32. The van der Waals surface area contributed by atoms with E-state index in [0.29, 0.717) is 17.2 Å². The number of carbonyl (C=O) groups excluding carboxylic acids is 1. The zero-order valence-electron chi connectivity index (χ0n) is 6.68. The Balaban J connectivity index is 2.23. The van der Waals surface area contributed by atoms with Gasteiger partial charge in [-0.3, -0.25) is 4.79 Å². The first-order chi connectivity index (χ1) is 5.22. The van der Waals surface area contributed by atoms with Crippen molar-refractivity contribution in [3.8, 4) is 0 Å². The predicted molar refractivity (Wildman–Crippen MR) is 46.7 cm³/mol. The molecular weight excluding hydrogens is 208 g/mol. The molecule has 64 valence electrons. The fourth-order valence-corrected chi connectivity index (χ4v) is 2.31. The molecule has 0 amide bonds. The number of carbonyl (C=O) groups is 1. The third-order valence-corrected chi connectivity index (χ3v) is 2.99. The monoisotopic (exact) mass is 220 g/mol. The molecule has 0 bridgehead atoms. The van der Waals surface area contributed by atoms with Crippen molar-refractivity contribution in [1.82, 2.24) is 0 Å². The topological polar surface area (TPSA) is 26.3 Å². The van der Waals surface area contributed by atoms with Gasteiger partial charge in [0.2, 0.25) is 0 Å². The number of ether oxygens (including phenoxy) is 1. The van der Waals surface area contributed by atoms with Crippen LogP contribution in [0.15, 0.2) is 0 Å². The van der Waals surface area contributed by atoms with Gasteiger partial charge in [0.15, 0.2) is 0 Å². The highest BCUT2D eigenvalue weighted by atomic mass is 79.9. The molecule has 0 aromatic rings. The summed E-state index contributed by atoms with van der Waals surface area (Å²) in [5, 5.41) is 0. The number of rotatable bonds is 2. The van der Waals surface area contributed by atoms with Crippen molar-refractivity contribution in [1.29, 1.82) is 0 Å². The second-order valence-electron chi connectivity index (χ2n) is 3.06. The molecule has 0 saturated heterocycles. The average Bonchev–Trinajstić information content (AvgIpc) is 2.35.